The molecule has 2 N–H and O–H groups in total. The lowest BCUT2D eigenvalue weighted by Gasteiger charge is -2.15. The quantitative estimate of drug-likeness (QED) is 0.908. The molecular weight excluding hydrogens is 343 g/mol. The Morgan fingerprint density at radius 3 is 2.64 bits per heavy atom. The van der Waals surface area contributed by atoms with Gasteiger partial charge in [-0.2, -0.15) is 5.10 Å². The Hall–Kier alpha value is -1.92. The number of hydrogen-bond acceptors (Lipinski definition) is 3. The number of carbonyl (C=O) groups is 1. The number of benzene rings is 1. The lowest BCUT2D eigenvalue weighted by atomic mass is 9.95. The minimum atomic E-state index is -0.282. The summed E-state index contributed by atoms with van der Waals surface area (Å²) in [5.74, 6) is -0.458. The first-order valence-corrected chi connectivity index (χ1v) is 8.23. The molecule has 0 radical (unpaired) electrons. The van der Waals surface area contributed by atoms with Gasteiger partial charge < -0.3 is 10.6 Å². The number of nitrogens with two attached hydrogens (primary N) is 1. The molecule has 3 rings (SSSR count). The van der Waals surface area contributed by atoms with Crippen molar-refractivity contribution in [1.29, 1.82) is 0 Å². The predicted molar refractivity (Wildman–Crippen MR) is 97.6 cm³/mol. The fraction of sp³-hybridized carbons (Fsp3) is 0.444. The summed E-state index contributed by atoms with van der Waals surface area (Å²) < 4.78 is 15.3. The Morgan fingerprint density at radius 2 is 2.04 bits per heavy atom. The first-order chi connectivity index (χ1) is 11.4. The van der Waals surface area contributed by atoms with Gasteiger partial charge >= 0.3 is 0 Å². The van der Waals surface area contributed by atoms with Crippen molar-refractivity contribution in [3.8, 4) is 0 Å². The van der Waals surface area contributed by atoms with Crippen LogP contribution in [0.5, 0.6) is 0 Å². The van der Waals surface area contributed by atoms with Gasteiger partial charge in [0.1, 0.15) is 5.82 Å². The van der Waals surface area contributed by atoms with Gasteiger partial charge in [0.25, 0.3) is 5.91 Å². The Balaban J connectivity index is 0.00000225. The molecule has 1 amide bonds. The average molecular weight is 367 g/mol. The van der Waals surface area contributed by atoms with E-state index in [-0.39, 0.29) is 42.1 Å². The second kappa shape index (κ2) is 7.54. The second-order valence-electron chi connectivity index (χ2n) is 6.74. The molecule has 2 unspecified atom stereocenters. The summed E-state index contributed by atoms with van der Waals surface area (Å²) in [4.78, 5) is 14.5. The number of nitrogens with zero attached hydrogens (tertiary/aromatic N) is 3. The molecule has 1 fully saturated rings. The van der Waals surface area contributed by atoms with Crippen LogP contribution in [0.1, 0.15) is 47.6 Å². The van der Waals surface area contributed by atoms with Crippen molar-refractivity contribution in [2.75, 3.05) is 13.1 Å². The van der Waals surface area contributed by atoms with E-state index in [1.807, 2.05) is 37.6 Å². The molecular formula is C18H24ClFN4O. The van der Waals surface area contributed by atoms with Crippen molar-refractivity contribution in [3.05, 3.63) is 53.1 Å². The summed E-state index contributed by atoms with van der Waals surface area (Å²) in [6.07, 6.45) is 0. The van der Waals surface area contributed by atoms with E-state index in [2.05, 4.69) is 5.10 Å². The van der Waals surface area contributed by atoms with Gasteiger partial charge in [0.05, 0.1) is 0 Å². The van der Waals surface area contributed by atoms with Gasteiger partial charge in [0, 0.05) is 36.8 Å². The zero-order valence-electron chi connectivity index (χ0n) is 14.6. The van der Waals surface area contributed by atoms with Crippen molar-refractivity contribution >= 4 is 18.3 Å². The van der Waals surface area contributed by atoms with Gasteiger partial charge in [0.15, 0.2) is 5.69 Å². The highest BCUT2D eigenvalue weighted by molar-refractivity contribution is 5.92. The molecule has 2 atom stereocenters. The molecule has 1 aliphatic rings. The third-order valence-electron chi connectivity index (χ3n) is 4.56. The molecule has 2 heterocycles. The van der Waals surface area contributed by atoms with E-state index in [0.29, 0.717) is 18.8 Å². The standard InChI is InChI=1S/C18H23FN4O.ClH/c1-11(2)23-12(3)7-17(21-23)18(24)22-9-15(16(20)10-22)13-5-4-6-14(19)8-13;/h4-8,11,15-16H,9-10,20H2,1-3H3;1H. The molecule has 1 saturated heterocycles. The lowest BCUT2D eigenvalue weighted by molar-refractivity contribution is 0.0782. The summed E-state index contributed by atoms with van der Waals surface area (Å²) in [5, 5.41) is 4.42. The third-order valence-corrected chi connectivity index (χ3v) is 4.56. The number of halogens is 2. The fourth-order valence-corrected chi connectivity index (χ4v) is 3.36. The molecule has 1 aromatic heterocycles. The Morgan fingerprint density at radius 1 is 1.32 bits per heavy atom. The molecule has 1 aromatic carbocycles. The number of carbonyl (C=O) groups excluding carboxylic acids is 1. The van der Waals surface area contributed by atoms with Crippen molar-refractivity contribution in [2.24, 2.45) is 5.73 Å². The van der Waals surface area contributed by atoms with E-state index in [9.17, 15) is 9.18 Å². The topological polar surface area (TPSA) is 64.2 Å². The molecule has 0 spiro atoms. The van der Waals surface area contributed by atoms with E-state index >= 15 is 0 Å². The van der Waals surface area contributed by atoms with Crippen molar-refractivity contribution in [3.63, 3.8) is 0 Å². The Kier molecular flexibility index (Phi) is 5.85. The van der Waals surface area contributed by atoms with Crippen LogP contribution in [0.3, 0.4) is 0 Å². The normalized spacial score (nSPS) is 20.0. The number of amides is 1. The van der Waals surface area contributed by atoms with Crippen molar-refractivity contribution < 1.29 is 9.18 Å². The third kappa shape index (κ3) is 3.85. The van der Waals surface area contributed by atoms with Gasteiger partial charge in [-0.1, -0.05) is 12.1 Å². The first kappa shape index (κ1) is 19.4. The highest BCUT2D eigenvalue weighted by atomic mass is 35.5. The van der Waals surface area contributed by atoms with Crippen molar-refractivity contribution in [2.45, 2.75) is 38.8 Å². The smallest absolute Gasteiger partial charge is 0.274 e. The molecule has 1 aliphatic heterocycles. The molecule has 2 aromatic rings. The largest absolute Gasteiger partial charge is 0.335 e. The summed E-state index contributed by atoms with van der Waals surface area (Å²) >= 11 is 0. The van der Waals surface area contributed by atoms with E-state index in [1.54, 1.807) is 11.0 Å². The van der Waals surface area contributed by atoms with Gasteiger partial charge in [0.2, 0.25) is 0 Å². The highest BCUT2D eigenvalue weighted by Gasteiger charge is 2.35. The van der Waals surface area contributed by atoms with Crippen LogP contribution in [0.25, 0.3) is 0 Å². The van der Waals surface area contributed by atoms with Crippen molar-refractivity contribution in [1.82, 2.24) is 14.7 Å². The van der Waals surface area contributed by atoms with E-state index in [1.165, 1.54) is 12.1 Å². The number of likely N-dealkylation sites (tertiary alicyclic amines) is 1. The zero-order chi connectivity index (χ0) is 17.4. The van der Waals surface area contributed by atoms with E-state index in [0.717, 1.165) is 11.3 Å². The first-order valence-electron chi connectivity index (χ1n) is 8.23. The summed E-state index contributed by atoms with van der Waals surface area (Å²) in [7, 11) is 0. The van der Waals surface area contributed by atoms with Crippen LogP contribution in [0.15, 0.2) is 30.3 Å². The Labute approximate surface area is 153 Å². The monoisotopic (exact) mass is 366 g/mol. The molecule has 0 bridgehead atoms. The van der Waals surface area contributed by atoms with E-state index < -0.39 is 0 Å². The van der Waals surface area contributed by atoms with Crippen LogP contribution in [0.4, 0.5) is 4.39 Å². The molecule has 5 nitrogen and oxygen atoms in total. The number of rotatable bonds is 3. The average Bonchev–Trinajstić information content (AvgIpc) is 3.10. The minimum absolute atomic E-state index is 0. The maximum atomic E-state index is 13.5. The SMILES string of the molecule is Cc1cc(C(=O)N2CC(N)C(c3cccc(F)c3)C2)nn1C(C)C.Cl. The number of hydrogen-bond donors (Lipinski definition) is 1. The van der Waals surface area contributed by atoms with Crippen LogP contribution < -0.4 is 5.73 Å². The molecule has 7 heteroatoms. The van der Waals surface area contributed by atoms with E-state index in [4.69, 9.17) is 5.73 Å². The fourth-order valence-electron chi connectivity index (χ4n) is 3.36. The zero-order valence-corrected chi connectivity index (χ0v) is 15.5. The van der Waals surface area contributed by atoms with Gasteiger partial charge in [-0.3, -0.25) is 9.48 Å². The summed E-state index contributed by atoms with van der Waals surface area (Å²) in [6.45, 7) is 6.93. The number of aromatic nitrogens is 2. The van der Waals surface area contributed by atoms with Crippen LogP contribution in [0, 0.1) is 12.7 Å². The Bertz CT molecular complexity index is 761. The van der Waals surface area contributed by atoms with Gasteiger partial charge in [-0.15, -0.1) is 12.4 Å². The summed E-state index contributed by atoms with van der Waals surface area (Å²) in [5.41, 5.74) is 8.44. The van der Waals surface area contributed by atoms with Crippen LogP contribution in [-0.4, -0.2) is 39.7 Å². The van der Waals surface area contributed by atoms with Crippen LogP contribution >= 0.6 is 12.4 Å². The maximum Gasteiger partial charge on any atom is 0.274 e. The predicted octanol–water partition coefficient (Wildman–Crippen LogP) is 2.90. The minimum Gasteiger partial charge on any atom is -0.335 e. The van der Waals surface area contributed by atoms with Gasteiger partial charge in [-0.05, 0) is 44.5 Å². The van der Waals surface area contributed by atoms with Crippen LogP contribution in [-0.2, 0) is 0 Å². The molecule has 0 aliphatic carbocycles. The highest BCUT2D eigenvalue weighted by Crippen LogP contribution is 2.28. The second-order valence-corrected chi connectivity index (χ2v) is 6.74. The molecule has 25 heavy (non-hydrogen) atoms. The van der Waals surface area contributed by atoms with Gasteiger partial charge in [-0.25, -0.2) is 4.39 Å². The summed E-state index contributed by atoms with van der Waals surface area (Å²) in [6, 6.07) is 8.25. The maximum absolute atomic E-state index is 13.5. The molecule has 136 valence electrons. The lowest BCUT2D eigenvalue weighted by Crippen LogP contribution is -2.32. The van der Waals surface area contributed by atoms with Crippen LogP contribution in [0.2, 0.25) is 0 Å². The molecule has 0 saturated carbocycles. The number of aryl methyl sites for hydroxylation is 1.